The Hall–Kier alpha value is -3.42. The number of methoxy groups -OCH3 is 1. The Labute approximate surface area is 150 Å². The van der Waals surface area contributed by atoms with Gasteiger partial charge in [-0.2, -0.15) is 5.10 Å². The van der Waals surface area contributed by atoms with Gasteiger partial charge in [-0.05, 0) is 31.5 Å². The van der Waals surface area contributed by atoms with Crippen molar-refractivity contribution in [3.63, 3.8) is 0 Å². The monoisotopic (exact) mass is 353 g/mol. The lowest BCUT2D eigenvalue weighted by Crippen LogP contribution is -2.25. The molecule has 0 aromatic carbocycles. The maximum atomic E-state index is 12.6. The Bertz CT molecular complexity index is 944. The van der Waals surface area contributed by atoms with Crippen molar-refractivity contribution in [1.29, 1.82) is 0 Å². The van der Waals surface area contributed by atoms with Crippen molar-refractivity contribution < 1.29 is 14.3 Å². The number of aromatic nitrogens is 4. The minimum atomic E-state index is -0.469. The fourth-order valence-corrected chi connectivity index (χ4v) is 2.82. The van der Waals surface area contributed by atoms with E-state index in [4.69, 9.17) is 4.74 Å². The van der Waals surface area contributed by atoms with Crippen LogP contribution in [0.5, 0.6) is 0 Å². The first kappa shape index (κ1) is 17.4. The molecular weight excluding hydrogens is 334 g/mol. The summed E-state index contributed by atoms with van der Waals surface area (Å²) in [6, 6.07) is 5.47. The van der Waals surface area contributed by atoms with E-state index >= 15 is 0 Å². The molecule has 0 bridgehead atoms. The largest absolute Gasteiger partial charge is 0.465 e. The van der Waals surface area contributed by atoms with Gasteiger partial charge in [-0.1, -0.05) is 6.07 Å². The Morgan fingerprint density at radius 2 is 2.08 bits per heavy atom. The number of amides is 1. The number of nitrogens with zero attached hydrogens (tertiary/aromatic N) is 3. The zero-order chi connectivity index (χ0) is 18.7. The number of hydrogen-bond donors (Lipinski definition) is 2. The summed E-state index contributed by atoms with van der Waals surface area (Å²) in [5.41, 5.74) is 2.70. The summed E-state index contributed by atoms with van der Waals surface area (Å²) in [6.45, 7) is 3.71. The van der Waals surface area contributed by atoms with Crippen LogP contribution in [0, 0.1) is 13.8 Å². The number of pyridine rings is 1. The maximum absolute atomic E-state index is 12.6. The fourth-order valence-electron chi connectivity index (χ4n) is 2.82. The molecule has 0 spiro atoms. The third-order valence-corrected chi connectivity index (χ3v) is 4.08. The van der Waals surface area contributed by atoms with Crippen LogP contribution in [-0.2, 0) is 11.3 Å². The second kappa shape index (κ2) is 7.22. The molecular formula is C18H19N5O3. The lowest BCUT2D eigenvalue weighted by molar-refractivity contribution is 0.0599. The van der Waals surface area contributed by atoms with Crippen LogP contribution in [-0.4, -0.2) is 38.7 Å². The predicted octanol–water partition coefficient (Wildman–Crippen LogP) is 1.93. The topological polar surface area (TPSA) is 102 Å². The minimum Gasteiger partial charge on any atom is -0.465 e. The molecule has 3 aromatic rings. The van der Waals surface area contributed by atoms with Gasteiger partial charge in [0.15, 0.2) is 5.82 Å². The SMILES string of the molecule is COC(=O)c1c(C)[nH]c(C(=O)NCc2cccnc2-n2cccn2)c1C. The van der Waals surface area contributed by atoms with Crippen LogP contribution in [0.2, 0.25) is 0 Å². The third kappa shape index (κ3) is 3.21. The molecule has 0 saturated heterocycles. The molecule has 134 valence electrons. The summed E-state index contributed by atoms with van der Waals surface area (Å²) < 4.78 is 6.41. The summed E-state index contributed by atoms with van der Waals surface area (Å²) in [5.74, 6) is -0.132. The average Bonchev–Trinajstić information content (AvgIpc) is 3.27. The Balaban J connectivity index is 1.80. The summed E-state index contributed by atoms with van der Waals surface area (Å²) in [7, 11) is 1.31. The van der Waals surface area contributed by atoms with Gasteiger partial charge in [0.2, 0.25) is 0 Å². The summed E-state index contributed by atoms with van der Waals surface area (Å²) >= 11 is 0. The van der Waals surface area contributed by atoms with Crippen LogP contribution in [0.4, 0.5) is 0 Å². The van der Waals surface area contributed by atoms with E-state index in [2.05, 4.69) is 20.4 Å². The zero-order valence-electron chi connectivity index (χ0n) is 14.7. The lowest BCUT2D eigenvalue weighted by Gasteiger charge is -2.09. The number of H-pyrrole nitrogens is 1. The van der Waals surface area contributed by atoms with Crippen molar-refractivity contribution in [2.24, 2.45) is 0 Å². The van der Waals surface area contributed by atoms with Gasteiger partial charge in [0.25, 0.3) is 5.91 Å². The standard InChI is InChI=1S/C18H19N5O3/c1-11-14(18(25)26-3)12(2)22-15(11)17(24)20-10-13-6-4-7-19-16(13)23-9-5-8-21-23/h4-9,22H,10H2,1-3H3,(H,20,24). The van der Waals surface area contributed by atoms with E-state index < -0.39 is 5.97 Å². The first-order valence-corrected chi connectivity index (χ1v) is 8.02. The van der Waals surface area contributed by atoms with Crippen molar-refractivity contribution in [3.8, 4) is 5.82 Å². The minimum absolute atomic E-state index is 0.271. The van der Waals surface area contributed by atoms with Crippen molar-refractivity contribution in [3.05, 3.63) is 64.9 Å². The molecule has 0 aliphatic rings. The van der Waals surface area contributed by atoms with Crippen molar-refractivity contribution in [2.45, 2.75) is 20.4 Å². The van der Waals surface area contributed by atoms with Gasteiger partial charge in [0.1, 0.15) is 5.69 Å². The van der Waals surface area contributed by atoms with Crippen molar-refractivity contribution >= 4 is 11.9 Å². The van der Waals surface area contributed by atoms with Crippen molar-refractivity contribution in [1.82, 2.24) is 25.1 Å². The first-order valence-electron chi connectivity index (χ1n) is 8.02. The molecule has 0 fully saturated rings. The molecule has 3 aromatic heterocycles. The number of ether oxygens (including phenoxy) is 1. The molecule has 2 N–H and O–H groups in total. The zero-order valence-corrected chi connectivity index (χ0v) is 14.7. The number of aryl methyl sites for hydroxylation is 1. The molecule has 0 saturated carbocycles. The third-order valence-electron chi connectivity index (χ3n) is 4.08. The molecule has 3 rings (SSSR count). The Morgan fingerprint density at radius 3 is 2.77 bits per heavy atom. The summed E-state index contributed by atoms with van der Waals surface area (Å²) in [6.07, 6.45) is 5.12. The molecule has 0 aliphatic heterocycles. The highest BCUT2D eigenvalue weighted by atomic mass is 16.5. The number of hydrogen-bond acceptors (Lipinski definition) is 5. The van der Waals surface area contributed by atoms with E-state index in [1.54, 1.807) is 49.3 Å². The number of rotatable bonds is 5. The second-order valence-corrected chi connectivity index (χ2v) is 5.74. The number of carbonyl (C=O) groups excluding carboxylic acids is 2. The second-order valence-electron chi connectivity index (χ2n) is 5.74. The average molecular weight is 353 g/mol. The first-order chi connectivity index (χ1) is 12.5. The highest BCUT2D eigenvalue weighted by Gasteiger charge is 2.22. The van der Waals surface area contributed by atoms with Crippen LogP contribution in [0.15, 0.2) is 36.8 Å². The lowest BCUT2D eigenvalue weighted by atomic mass is 10.1. The molecule has 26 heavy (non-hydrogen) atoms. The van der Waals surface area contributed by atoms with Gasteiger partial charge >= 0.3 is 5.97 Å². The van der Waals surface area contributed by atoms with E-state index in [0.717, 1.165) is 5.56 Å². The van der Waals surface area contributed by atoms with E-state index in [0.29, 0.717) is 28.3 Å². The van der Waals surface area contributed by atoms with E-state index in [1.165, 1.54) is 7.11 Å². The van der Waals surface area contributed by atoms with Gasteiger partial charge < -0.3 is 15.0 Å². The van der Waals surface area contributed by atoms with Crippen molar-refractivity contribution in [2.75, 3.05) is 7.11 Å². The molecule has 0 unspecified atom stereocenters. The normalized spacial score (nSPS) is 10.6. The van der Waals surface area contributed by atoms with Gasteiger partial charge in [0.05, 0.1) is 12.7 Å². The van der Waals surface area contributed by atoms with E-state index in [1.807, 2.05) is 6.07 Å². The number of esters is 1. The highest BCUT2D eigenvalue weighted by Crippen LogP contribution is 2.19. The molecule has 0 radical (unpaired) electrons. The maximum Gasteiger partial charge on any atom is 0.339 e. The van der Waals surface area contributed by atoms with Crippen LogP contribution < -0.4 is 5.32 Å². The molecule has 8 heteroatoms. The fraction of sp³-hybridized carbons (Fsp3) is 0.222. The smallest absolute Gasteiger partial charge is 0.339 e. The van der Waals surface area contributed by atoms with Gasteiger partial charge in [-0.25, -0.2) is 14.5 Å². The number of carbonyl (C=O) groups is 2. The molecule has 1 amide bonds. The summed E-state index contributed by atoms with van der Waals surface area (Å²) in [4.78, 5) is 31.7. The number of nitrogens with one attached hydrogen (secondary N) is 2. The van der Waals surface area contributed by atoms with Gasteiger partial charge in [0, 0.05) is 36.4 Å². The highest BCUT2D eigenvalue weighted by molar-refractivity contribution is 6.00. The molecule has 0 aliphatic carbocycles. The van der Waals surface area contributed by atoms with Gasteiger partial charge in [-0.15, -0.1) is 0 Å². The molecule has 3 heterocycles. The predicted molar refractivity (Wildman–Crippen MR) is 94.1 cm³/mol. The Kier molecular flexibility index (Phi) is 4.83. The summed E-state index contributed by atoms with van der Waals surface area (Å²) in [5, 5.41) is 7.03. The van der Waals surface area contributed by atoms with E-state index in [-0.39, 0.29) is 12.5 Å². The quantitative estimate of drug-likeness (QED) is 0.683. The molecule has 8 nitrogen and oxygen atoms in total. The van der Waals surface area contributed by atoms with Crippen LogP contribution >= 0.6 is 0 Å². The Morgan fingerprint density at radius 1 is 1.27 bits per heavy atom. The van der Waals surface area contributed by atoms with Crippen LogP contribution in [0.3, 0.4) is 0 Å². The number of aromatic amines is 1. The molecule has 0 atom stereocenters. The van der Waals surface area contributed by atoms with Crippen LogP contribution in [0.1, 0.15) is 37.7 Å². The van der Waals surface area contributed by atoms with Crippen LogP contribution in [0.25, 0.3) is 5.82 Å². The van der Waals surface area contributed by atoms with Gasteiger partial charge in [-0.3, -0.25) is 4.79 Å². The van der Waals surface area contributed by atoms with E-state index in [9.17, 15) is 9.59 Å².